The number of nitrogens with zero attached hydrogens (tertiary/aromatic N) is 5. The second-order valence-electron chi connectivity index (χ2n) is 11.1. The average molecular weight is 515 g/mol. The summed E-state index contributed by atoms with van der Waals surface area (Å²) in [7, 11) is 1.73. The van der Waals surface area contributed by atoms with E-state index < -0.39 is 0 Å². The first kappa shape index (κ1) is 28.6. The Morgan fingerprint density at radius 1 is 1.30 bits per heavy atom. The van der Waals surface area contributed by atoms with Gasteiger partial charge >= 0.3 is 6.03 Å². The van der Waals surface area contributed by atoms with Crippen LogP contribution in [0.1, 0.15) is 58.7 Å². The number of aryl methyl sites for hydroxylation is 1. The van der Waals surface area contributed by atoms with Crippen molar-refractivity contribution in [3.8, 4) is 0 Å². The molecular formula is C27H42N6O4. The molecule has 0 saturated carbocycles. The van der Waals surface area contributed by atoms with Crippen molar-refractivity contribution in [3.05, 3.63) is 41.7 Å². The van der Waals surface area contributed by atoms with E-state index in [0.717, 1.165) is 11.4 Å². The summed E-state index contributed by atoms with van der Waals surface area (Å²) >= 11 is 0. The van der Waals surface area contributed by atoms with Crippen molar-refractivity contribution >= 4 is 17.6 Å². The number of aliphatic hydroxyl groups excluding tert-OH is 1. The molecule has 1 aromatic carbocycles. The number of urea groups is 1. The number of anilines is 1. The highest BCUT2D eigenvalue weighted by Gasteiger charge is 2.29. The average Bonchev–Trinajstić information content (AvgIpc) is 3.30. The van der Waals surface area contributed by atoms with E-state index in [0.29, 0.717) is 39.1 Å². The van der Waals surface area contributed by atoms with E-state index in [1.165, 1.54) is 5.56 Å². The molecule has 10 nitrogen and oxygen atoms in total. The second-order valence-corrected chi connectivity index (χ2v) is 11.1. The van der Waals surface area contributed by atoms with E-state index in [2.05, 4.69) is 36.4 Å². The standard InChI is InChI=1S/C27H42N6O4/c1-19-15-32(20(2)17-34)25(35)8-7-13-33-23(14-28-30-33)18-37-24(19)16-31(6)26(36)29-22-11-9-21(10-12-22)27(3,4)5/h9-12,14,19-20,24,34H,7-8,13,15-18H2,1-6H3,(H,29,36)/t19-,20-,24+/m0/s1. The summed E-state index contributed by atoms with van der Waals surface area (Å²) < 4.78 is 8.07. The largest absolute Gasteiger partial charge is 0.394 e. The number of likely N-dealkylation sites (N-methyl/N-ethyl adjacent to an activating group) is 1. The van der Waals surface area contributed by atoms with Gasteiger partial charge in [-0.15, -0.1) is 5.10 Å². The van der Waals surface area contributed by atoms with Gasteiger partial charge in [-0.25, -0.2) is 9.48 Å². The van der Waals surface area contributed by atoms with Gasteiger partial charge in [-0.1, -0.05) is 45.0 Å². The molecule has 3 atom stereocenters. The molecule has 0 aliphatic carbocycles. The van der Waals surface area contributed by atoms with Crippen LogP contribution in [0.4, 0.5) is 10.5 Å². The minimum Gasteiger partial charge on any atom is -0.394 e. The Morgan fingerprint density at radius 2 is 2.00 bits per heavy atom. The topological polar surface area (TPSA) is 113 Å². The maximum absolute atomic E-state index is 13.0. The van der Waals surface area contributed by atoms with Crippen LogP contribution in [0.15, 0.2) is 30.5 Å². The second kappa shape index (κ2) is 12.5. The van der Waals surface area contributed by atoms with Gasteiger partial charge < -0.3 is 25.0 Å². The first-order chi connectivity index (χ1) is 17.5. The molecule has 0 fully saturated rings. The molecule has 0 spiro atoms. The third-order valence-corrected chi connectivity index (χ3v) is 6.94. The summed E-state index contributed by atoms with van der Waals surface area (Å²) in [5, 5.41) is 20.8. The molecule has 1 aliphatic rings. The van der Waals surface area contributed by atoms with Gasteiger partial charge in [0, 0.05) is 44.7 Å². The Morgan fingerprint density at radius 3 is 2.65 bits per heavy atom. The number of amides is 3. The van der Waals surface area contributed by atoms with Gasteiger partial charge in [0.2, 0.25) is 5.91 Å². The zero-order chi connectivity index (χ0) is 27.2. The quantitative estimate of drug-likeness (QED) is 0.633. The van der Waals surface area contributed by atoms with Crippen LogP contribution in [0.5, 0.6) is 0 Å². The van der Waals surface area contributed by atoms with E-state index in [1.807, 2.05) is 38.1 Å². The number of aliphatic hydroxyl groups is 1. The van der Waals surface area contributed by atoms with Crippen molar-refractivity contribution in [2.75, 3.05) is 32.1 Å². The molecule has 0 bridgehead atoms. The predicted molar refractivity (Wildman–Crippen MR) is 142 cm³/mol. The summed E-state index contributed by atoms with van der Waals surface area (Å²) in [5.41, 5.74) is 2.78. The third-order valence-electron chi connectivity index (χ3n) is 6.94. The summed E-state index contributed by atoms with van der Waals surface area (Å²) in [5.74, 6) is -0.109. The van der Waals surface area contributed by atoms with Crippen molar-refractivity contribution < 1.29 is 19.4 Å². The van der Waals surface area contributed by atoms with Crippen LogP contribution in [-0.4, -0.2) is 80.7 Å². The minimum absolute atomic E-state index is 0.0146. The van der Waals surface area contributed by atoms with Crippen molar-refractivity contribution in [2.45, 2.75) is 78.2 Å². The van der Waals surface area contributed by atoms with Gasteiger partial charge in [0.25, 0.3) is 0 Å². The molecule has 2 heterocycles. The number of hydrogen-bond donors (Lipinski definition) is 2. The van der Waals surface area contributed by atoms with Crippen LogP contribution in [0, 0.1) is 5.92 Å². The van der Waals surface area contributed by atoms with Crippen molar-refractivity contribution in [2.24, 2.45) is 5.92 Å². The summed E-state index contributed by atoms with van der Waals surface area (Å²) in [6.07, 6.45) is 2.30. The fourth-order valence-electron chi connectivity index (χ4n) is 4.37. The molecule has 10 heteroatoms. The highest BCUT2D eigenvalue weighted by Crippen LogP contribution is 2.24. The summed E-state index contributed by atoms with van der Waals surface area (Å²) in [4.78, 5) is 29.3. The number of benzene rings is 1. The normalized spacial score (nSPS) is 20.4. The molecule has 1 aromatic heterocycles. The number of carbonyl (C=O) groups excluding carboxylic acids is 2. The van der Waals surface area contributed by atoms with E-state index >= 15 is 0 Å². The lowest BCUT2D eigenvalue weighted by atomic mass is 9.87. The molecule has 3 rings (SSSR count). The van der Waals surface area contributed by atoms with E-state index in [4.69, 9.17) is 4.74 Å². The smallest absolute Gasteiger partial charge is 0.321 e. The number of rotatable bonds is 5. The van der Waals surface area contributed by atoms with Gasteiger partial charge in [-0.05, 0) is 36.5 Å². The third kappa shape index (κ3) is 7.75. The predicted octanol–water partition coefficient (Wildman–Crippen LogP) is 3.26. The number of carbonyl (C=O) groups is 2. The molecule has 0 unspecified atom stereocenters. The Labute approximate surface area is 220 Å². The van der Waals surface area contributed by atoms with Crippen LogP contribution >= 0.6 is 0 Å². The molecule has 2 N–H and O–H groups in total. The number of aromatic nitrogens is 3. The molecule has 0 saturated heterocycles. The highest BCUT2D eigenvalue weighted by atomic mass is 16.5. The van der Waals surface area contributed by atoms with Crippen LogP contribution in [0.25, 0.3) is 0 Å². The minimum atomic E-state index is -0.358. The summed E-state index contributed by atoms with van der Waals surface area (Å²) in [6, 6.07) is 7.33. The van der Waals surface area contributed by atoms with Gasteiger partial charge in [0.1, 0.15) is 0 Å². The molecule has 37 heavy (non-hydrogen) atoms. The first-order valence-electron chi connectivity index (χ1n) is 13.0. The van der Waals surface area contributed by atoms with Crippen LogP contribution in [0.2, 0.25) is 0 Å². The number of fused-ring (bicyclic) bond motifs is 1. The fraction of sp³-hybridized carbons (Fsp3) is 0.630. The molecule has 1 aliphatic heterocycles. The Balaban J connectivity index is 1.74. The summed E-state index contributed by atoms with van der Waals surface area (Å²) in [6.45, 7) is 11.8. The number of nitrogens with one attached hydrogen (secondary N) is 1. The van der Waals surface area contributed by atoms with Crippen LogP contribution in [0.3, 0.4) is 0 Å². The Bertz CT molecular complexity index is 1030. The van der Waals surface area contributed by atoms with E-state index in [-0.39, 0.29) is 42.0 Å². The monoisotopic (exact) mass is 514 g/mol. The Kier molecular flexibility index (Phi) is 9.67. The molecule has 0 radical (unpaired) electrons. The maximum Gasteiger partial charge on any atom is 0.321 e. The van der Waals surface area contributed by atoms with Gasteiger partial charge in [0.15, 0.2) is 0 Å². The molecule has 204 valence electrons. The van der Waals surface area contributed by atoms with E-state index in [1.54, 1.807) is 27.7 Å². The van der Waals surface area contributed by atoms with Crippen molar-refractivity contribution in [1.29, 1.82) is 0 Å². The SMILES string of the molecule is C[C@H]1CN([C@@H](C)CO)C(=O)CCCn2nncc2CO[C@@H]1CN(C)C(=O)Nc1ccc(C(C)(C)C)cc1. The van der Waals surface area contributed by atoms with E-state index in [9.17, 15) is 14.7 Å². The number of hydrogen-bond acceptors (Lipinski definition) is 6. The lowest BCUT2D eigenvalue weighted by Gasteiger charge is -2.35. The lowest BCUT2D eigenvalue weighted by Crippen LogP contribution is -2.48. The van der Waals surface area contributed by atoms with Gasteiger partial charge in [0.05, 0.1) is 37.3 Å². The van der Waals surface area contributed by atoms with Gasteiger partial charge in [-0.2, -0.15) is 0 Å². The first-order valence-corrected chi connectivity index (χ1v) is 13.0. The van der Waals surface area contributed by atoms with Gasteiger partial charge in [-0.3, -0.25) is 4.79 Å². The van der Waals surface area contributed by atoms with Crippen LogP contribution < -0.4 is 5.32 Å². The molecule has 2 aromatic rings. The zero-order valence-corrected chi connectivity index (χ0v) is 23.0. The number of ether oxygens (including phenoxy) is 1. The highest BCUT2D eigenvalue weighted by molar-refractivity contribution is 5.89. The molecular weight excluding hydrogens is 472 g/mol. The maximum atomic E-state index is 13.0. The van der Waals surface area contributed by atoms with Crippen molar-refractivity contribution in [3.63, 3.8) is 0 Å². The van der Waals surface area contributed by atoms with Crippen LogP contribution in [-0.2, 0) is 28.1 Å². The fourth-order valence-corrected chi connectivity index (χ4v) is 4.37. The zero-order valence-electron chi connectivity index (χ0n) is 23.0. The lowest BCUT2D eigenvalue weighted by molar-refractivity contribution is -0.136. The van der Waals surface area contributed by atoms with Crippen molar-refractivity contribution in [1.82, 2.24) is 24.8 Å². The Hall–Kier alpha value is -2.98. The molecule has 3 amide bonds.